The first kappa shape index (κ1) is 17.6. The lowest BCUT2D eigenvalue weighted by Gasteiger charge is -2.07. The molecule has 124 valence electrons. The maximum absolute atomic E-state index is 11.9. The highest BCUT2D eigenvalue weighted by molar-refractivity contribution is 8.01. The number of rotatable bonds is 8. The predicted molar refractivity (Wildman–Crippen MR) is 92.6 cm³/mol. The van der Waals surface area contributed by atoms with Crippen LogP contribution < -0.4 is 14.8 Å². The second-order valence-corrected chi connectivity index (χ2v) is 7.34. The highest BCUT2D eigenvalue weighted by Gasteiger charge is 2.10. The highest BCUT2D eigenvalue weighted by atomic mass is 32.2. The van der Waals surface area contributed by atoms with Gasteiger partial charge < -0.3 is 9.47 Å². The topological polar surface area (TPSA) is 73.3 Å². The molecule has 0 aliphatic heterocycles. The Bertz CT molecular complexity index is 646. The van der Waals surface area contributed by atoms with E-state index in [2.05, 4.69) is 29.4 Å². The molecule has 1 aromatic heterocycles. The first-order chi connectivity index (χ1) is 11.1. The molecule has 0 saturated heterocycles. The maximum atomic E-state index is 11.9. The van der Waals surface area contributed by atoms with Crippen molar-refractivity contribution in [3.05, 3.63) is 24.3 Å². The van der Waals surface area contributed by atoms with Gasteiger partial charge in [0.2, 0.25) is 5.13 Å². The number of ether oxygens (including phenoxy) is 2. The molecule has 2 rings (SSSR count). The quantitative estimate of drug-likeness (QED) is 0.580. The van der Waals surface area contributed by atoms with Crippen LogP contribution in [0.3, 0.4) is 0 Å². The molecule has 1 heterocycles. The summed E-state index contributed by atoms with van der Waals surface area (Å²) < 4.78 is 11.4. The van der Waals surface area contributed by atoms with Crippen LogP contribution in [-0.4, -0.2) is 35.6 Å². The molecule has 1 amide bonds. The molecule has 0 unspecified atom stereocenters. The number of amides is 1. The minimum absolute atomic E-state index is 0.0960. The van der Waals surface area contributed by atoms with Crippen LogP contribution in [0.15, 0.2) is 28.6 Å². The summed E-state index contributed by atoms with van der Waals surface area (Å²) in [5.74, 6) is 2.54. The van der Waals surface area contributed by atoms with E-state index in [1.807, 2.05) is 6.07 Å². The van der Waals surface area contributed by atoms with Crippen molar-refractivity contribution in [3.63, 3.8) is 0 Å². The van der Waals surface area contributed by atoms with Gasteiger partial charge in [-0.25, -0.2) is 0 Å². The van der Waals surface area contributed by atoms with E-state index >= 15 is 0 Å². The number of aromatic nitrogens is 2. The fourth-order valence-electron chi connectivity index (χ4n) is 1.55. The Morgan fingerprint density at radius 3 is 2.87 bits per heavy atom. The molecule has 0 spiro atoms. The maximum Gasteiger partial charge on any atom is 0.264 e. The van der Waals surface area contributed by atoms with Crippen molar-refractivity contribution in [1.82, 2.24) is 10.2 Å². The number of anilines is 1. The zero-order chi connectivity index (χ0) is 16.7. The van der Waals surface area contributed by atoms with Gasteiger partial charge in [-0.15, -0.1) is 10.2 Å². The van der Waals surface area contributed by atoms with Gasteiger partial charge in [0.1, 0.15) is 11.5 Å². The summed E-state index contributed by atoms with van der Waals surface area (Å²) >= 11 is 3.00. The van der Waals surface area contributed by atoms with Crippen LogP contribution in [0.2, 0.25) is 0 Å². The Kier molecular flexibility index (Phi) is 6.66. The zero-order valence-electron chi connectivity index (χ0n) is 13.2. The van der Waals surface area contributed by atoms with Crippen molar-refractivity contribution >= 4 is 34.1 Å². The van der Waals surface area contributed by atoms with E-state index in [-0.39, 0.29) is 12.5 Å². The highest BCUT2D eigenvalue weighted by Crippen LogP contribution is 2.26. The molecular weight excluding hydrogens is 334 g/mol. The minimum atomic E-state index is -0.274. The van der Waals surface area contributed by atoms with Gasteiger partial charge in [0.25, 0.3) is 5.91 Å². The van der Waals surface area contributed by atoms with E-state index < -0.39 is 0 Å². The Balaban J connectivity index is 1.80. The van der Waals surface area contributed by atoms with Crippen LogP contribution in [0.4, 0.5) is 5.13 Å². The van der Waals surface area contributed by atoms with E-state index in [1.165, 1.54) is 11.3 Å². The number of hydrogen-bond acceptors (Lipinski definition) is 7. The third-order valence-corrected chi connectivity index (χ3v) is 5.00. The molecular formula is C15H19N3O3S2. The Labute approximate surface area is 143 Å². The Hall–Kier alpha value is -1.80. The summed E-state index contributed by atoms with van der Waals surface area (Å²) in [5.41, 5.74) is 0. The molecule has 1 aromatic carbocycles. The van der Waals surface area contributed by atoms with Crippen molar-refractivity contribution in [3.8, 4) is 11.5 Å². The molecule has 0 aliphatic rings. The number of thioether (sulfide) groups is 1. The molecule has 2 aromatic rings. The summed E-state index contributed by atoms with van der Waals surface area (Å²) in [4.78, 5) is 11.9. The van der Waals surface area contributed by atoms with E-state index in [1.54, 1.807) is 37.1 Å². The average molecular weight is 353 g/mol. The average Bonchev–Trinajstić information content (AvgIpc) is 2.98. The molecule has 0 bridgehead atoms. The molecule has 8 heteroatoms. The summed E-state index contributed by atoms with van der Waals surface area (Å²) in [5, 5.41) is 11.2. The van der Waals surface area contributed by atoms with E-state index in [4.69, 9.17) is 9.47 Å². The second kappa shape index (κ2) is 8.73. The van der Waals surface area contributed by atoms with Crippen LogP contribution in [0.25, 0.3) is 0 Å². The van der Waals surface area contributed by atoms with Crippen molar-refractivity contribution in [1.29, 1.82) is 0 Å². The summed E-state index contributed by atoms with van der Waals surface area (Å²) in [6.45, 7) is 4.19. The van der Waals surface area contributed by atoms with E-state index in [0.29, 0.717) is 22.5 Å². The molecule has 0 aliphatic carbocycles. The smallest absolute Gasteiger partial charge is 0.264 e. The van der Waals surface area contributed by atoms with Crippen molar-refractivity contribution in [2.45, 2.75) is 18.2 Å². The monoisotopic (exact) mass is 353 g/mol. The standard InChI is InChI=1S/C15H19N3O3S2/c1-10(2)9-22-15-18-17-14(23-15)16-13(19)8-21-12-6-4-5-11(7-12)20-3/h4-7,10H,8-9H2,1-3H3,(H,16,17,19). The SMILES string of the molecule is COc1cccc(OCC(=O)Nc2nnc(SCC(C)C)s2)c1. The van der Waals surface area contributed by atoms with Crippen LogP contribution in [0, 0.1) is 5.92 Å². The minimum Gasteiger partial charge on any atom is -0.497 e. The van der Waals surface area contributed by atoms with Crippen molar-refractivity contribution in [2.75, 3.05) is 24.8 Å². The molecule has 6 nitrogen and oxygen atoms in total. The first-order valence-electron chi connectivity index (χ1n) is 7.10. The number of hydrogen-bond donors (Lipinski definition) is 1. The molecule has 0 saturated carbocycles. The van der Waals surface area contributed by atoms with E-state index in [0.717, 1.165) is 10.1 Å². The van der Waals surface area contributed by atoms with Crippen LogP contribution in [0.1, 0.15) is 13.8 Å². The van der Waals surface area contributed by atoms with Crippen molar-refractivity contribution < 1.29 is 14.3 Å². The Morgan fingerprint density at radius 2 is 2.13 bits per heavy atom. The lowest BCUT2D eigenvalue weighted by molar-refractivity contribution is -0.118. The molecule has 0 radical (unpaired) electrons. The zero-order valence-corrected chi connectivity index (χ0v) is 14.9. The number of carbonyl (C=O) groups is 1. The normalized spacial score (nSPS) is 10.6. The number of nitrogens with one attached hydrogen (secondary N) is 1. The number of benzene rings is 1. The van der Waals surface area contributed by atoms with Gasteiger partial charge in [0.05, 0.1) is 7.11 Å². The molecule has 23 heavy (non-hydrogen) atoms. The number of carbonyl (C=O) groups excluding carboxylic acids is 1. The third kappa shape index (κ3) is 6.07. The van der Waals surface area contributed by atoms with Gasteiger partial charge in [0, 0.05) is 11.8 Å². The van der Waals surface area contributed by atoms with Gasteiger partial charge in [-0.1, -0.05) is 43.0 Å². The third-order valence-electron chi connectivity index (χ3n) is 2.60. The largest absolute Gasteiger partial charge is 0.497 e. The number of methoxy groups -OCH3 is 1. The molecule has 1 N–H and O–H groups in total. The predicted octanol–water partition coefficient (Wildman–Crippen LogP) is 3.31. The Morgan fingerprint density at radius 1 is 1.35 bits per heavy atom. The second-order valence-electron chi connectivity index (χ2n) is 5.09. The van der Waals surface area contributed by atoms with Crippen LogP contribution in [-0.2, 0) is 4.79 Å². The van der Waals surface area contributed by atoms with Gasteiger partial charge in [0.15, 0.2) is 10.9 Å². The summed E-state index contributed by atoms with van der Waals surface area (Å²) in [6.07, 6.45) is 0. The van der Waals surface area contributed by atoms with E-state index in [9.17, 15) is 4.79 Å². The molecule has 0 fully saturated rings. The lowest BCUT2D eigenvalue weighted by Crippen LogP contribution is -2.20. The summed E-state index contributed by atoms with van der Waals surface area (Å²) in [6, 6.07) is 7.10. The fraction of sp³-hybridized carbons (Fsp3) is 0.400. The van der Waals surface area contributed by atoms with Gasteiger partial charge >= 0.3 is 0 Å². The van der Waals surface area contributed by atoms with Crippen molar-refractivity contribution in [2.24, 2.45) is 5.92 Å². The lowest BCUT2D eigenvalue weighted by atomic mass is 10.3. The van der Waals surface area contributed by atoms with Gasteiger partial charge in [-0.05, 0) is 18.1 Å². The van der Waals surface area contributed by atoms with Crippen LogP contribution in [0.5, 0.6) is 11.5 Å². The van der Waals surface area contributed by atoms with Gasteiger partial charge in [-0.2, -0.15) is 0 Å². The fourth-order valence-corrected chi connectivity index (χ4v) is 3.30. The molecule has 0 atom stereocenters. The van der Waals surface area contributed by atoms with Gasteiger partial charge in [-0.3, -0.25) is 10.1 Å². The van der Waals surface area contributed by atoms with Crippen LogP contribution >= 0.6 is 23.1 Å². The number of nitrogens with zero attached hydrogens (tertiary/aromatic N) is 2. The summed E-state index contributed by atoms with van der Waals surface area (Å²) in [7, 11) is 1.58. The first-order valence-corrected chi connectivity index (χ1v) is 8.90.